The summed E-state index contributed by atoms with van der Waals surface area (Å²) in [7, 11) is 0. The van der Waals surface area contributed by atoms with Crippen molar-refractivity contribution in [2.75, 3.05) is 0 Å². The molecule has 6 heteroatoms. The van der Waals surface area contributed by atoms with Crippen LogP contribution in [0.5, 0.6) is 5.75 Å². The maximum atomic E-state index is 14.2. The average molecular weight is 329 g/mol. The summed E-state index contributed by atoms with van der Waals surface area (Å²) < 4.78 is 33.3. The fraction of sp³-hybridized carbons (Fsp3) is 0.167. The van der Waals surface area contributed by atoms with Gasteiger partial charge in [0.15, 0.2) is 0 Å². The summed E-state index contributed by atoms with van der Waals surface area (Å²) in [6.07, 6.45) is 1.69. The molecule has 3 rings (SSSR count). The number of fused-ring (bicyclic) bond motifs is 1. The fourth-order valence-corrected chi connectivity index (χ4v) is 2.68. The molecule has 0 fully saturated rings. The molecule has 4 nitrogen and oxygen atoms in total. The van der Waals surface area contributed by atoms with Crippen molar-refractivity contribution in [1.82, 2.24) is 0 Å². The minimum Gasteiger partial charge on any atom is -0.483 e. The quantitative estimate of drug-likeness (QED) is 0.764. The van der Waals surface area contributed by atoms with Crippen molar-refractivity contribution in [2.45, 2.75) is 19.4 Å². The Morgan fingerprint density at radius 3 is 2.50 bits per heavy atom. The minimum atomic E-state index is -0.929. The Morgan fingerprint density at radius 1 is 1.08 bits per heavy atom. The maximum absolute atomic E-state index is 14.2. The van der Waals surface area contributed by atoms with E-state index in [1.54, 1.807) is 19.9 Å². The summed E-state index contributed by atoms with van der Waals surface area (Å²) in [6.45, 7) is 3.59. The van der Waals surface area contributed by atoms with E-state index in [1.807, 2.05) is 0 Å². The molecule has 0 saturated carbocycles. The minimum absolute atomic E-state index is 0.0699. The van der Waals surface area contributed by atoms with Crippen LogP contribution in [0.1, 0.15) is 35.3 Å². The standard InChI is InChI=1S/C18H13F2NO3/c1-18(2)9-14(12-5-4-11(19)8-15(12)20)13-7-10(17(22)21-23)3-6-16(13)24-18/h3-9H,1-2H3. The van der Waals surface area contributed by atoms with Gasteiger partial charge in [0.1, 0.15) is 23.0 Å². The molecule has 0 spiro atoms. The van der Waals surface area contributed by atoms with E-state index in [1.165, 1.54) is 24.3 Å². The van der Waals surface area contributed by atoms with Gasteiger partial charge >= 0.3 is 5.91 Å². The number of hydrogen-bond acceptors (Lipinski definition) is 3. The Labute approximate surface area is 136 Å². The summed E-state index contributed by atoms with van der Waals surface area (Å²) in [6, 6.07) is 7.65. The van der Waals surface area contributed by atoms with E-state index in [9.17, 15) is 18.5 Å². The van der Waals surface area contributed by atoms with Gasteiger partial charge in [-0.25, -0.2) is 8.78 Å². The second-order valence-electron chi connectivity index (χ2n) is 6.00. The molecule has 1 heterocycles. The average Bonchev–Trinajstić information content (AvgIpc) is 2.52. The van der Waals surface area contributed by atoms with Gasteiger partial charge < -0.3 is 4.74 Å². The van der Waals surface area contributed by atoms with Gasteiger partial charge in [-0.1, -0.05) is 0 Å². The molecule has 0 N–H and O–H groups in total. The fourth-order valence-electron chi connectivity index (χ4n) is 2.68. The van der Waals surface area contributed by atoms with Crippen LogP contribution in [0.2, 0.25) is 0 Å². The number of amides is 1. The molecule has 2 aromatic rings. The first kappa shape index (κ1) is 16.0. The van der Waals surface area contributed by atoms with Crippen LogP contribution >= 0.6 is 0 Å². The molecule has 1 aliphatic heterocycles. The van der Waals surface area contributed by atoms with E-state index in [2.05, 4.69) is 5.18 Å². The molecule has 0 radical (unpaired) electrons. The van der Waals surface area contributed by atoms with Crippen molar-refractivity contribution >= 4 is 11.5 Å². The van der Waals surface area contributed by atoms with Crippen LogP contribution in [0, 0.1) is 16.5 Å². The predicted molar refractivity (Wildman–Crippen MR) is 84.7 cm³/mol. The lowest BCUT2D eigenvalue weighted by Crippen LogP contribution is -2.29. The zero-order valence-corrected chi connectivity index (χ0v) is 13.0. The Hall–Kier alpha value is -2.89. The van der Waals surface area contributed by atoms with Crippen LogP contribution in [0.15, 0.2) is 47.7 Å². The lowest BCUT2D eigenvalue weighted by molar-refractivity contribution is 0.100. The van der Waals surface area contributed by atoms with Gasteiger partial charge in [-0.05, 0) is 55.8 Å². The van der Waals surface area contributed by atoms with E-state index >= 15 is 0 Å². The summed E-state index contributed by atoms with van der Waals surface area (Å²) >= 11 is 0. The lowest BCUT2D eigenvalue weighted by Gasteiger charge is -2.31. The monoisotopic (exact) mass is 329 g/mol. The Kier molecular flexibility index (Phi) is 3.75. The van der Waals surface area contributed by atoms with Crippen LogP contribution in [0.3, 0.4) is 0 Å². The summed E-state index contributed by atoms with van der Waals surface area (Å²) in [5.74, 6) is -1.90. The van der Waals surface area contributed by atoms with E-state index in [4.69, 9.17) is 4.74 Å². The van der Waals surface area contributed by atoms with Crippen molar-refractivity contribution in [1.29, 1.82) is 0 Å². The van der Waals surface area contributed by atoms with Crippen LogP contribution in [0.25, 0.3) is 5.57 Å². The molecule has 2 aromatic carbocycles. The van der Waals surface area contributed by atoms with Crippen LogP contribution in [-0.2, 0) is 0 Å². The normalized spacial score (nSPS) is 15.1. The summed E-state index contributed by atoms with van der Waals surface area (Å²) in [4.78, 5) is 22.0. The van der Waals surface area contributed by atoms with E-state index in [0.29, 0.717) is 16.9 Å². The highest BCUT2D eigenvalue weighted by Gasteiger charge is 2.29. The number of rotatable bonds is 2. The zero-order chi connectivity index (χ0) is 17.5. The molecule has 0 bridgehead atoms. The SMILES string of the molecule is CC1(C)C=C(c2ccc(F)cc2F)c2cc(C(=O)N=O)ccc2O1. The second-order valence-corrected chi connectivity index (χ2v) is 6.00. The molecule has 122 valence electrons. The number of ether oxygens (including phenoxy) is 1. The van der Waals surface area contributed by atoms with E-state index < -0.39 is 23.1 Å². The third-order valence-corrected chi connectivity index (χ3v) is 3.69. The summed E-state index contributed by atoms with van der Waals surface area (Å²) in [5.41, 5.74) is 0.421. The molecule has 0 saturated heterocycles. The molecule has 1 aliphatic rings. The highest BCUT2D eigenvalue weighted by molar-refractivity contribution is 5.97. The molecule has 0 aliphatic carbocycles. The Balaban J connectivity index is 2.23. The molecule has 0 aromatic heterocycles. The summed E-state index contributed by atoms with van der Waals surface area (Å²) in [5, 5.41) is 2.39. The number of halogens is 2. The first-order valence-electron chi connectivity index (χ1n) is 7.20. The molecular formula is C18H13F2NO3. The first-order chi connectivity index (χ1) is 11.3. The van der Waals surface area contributed by atoms with Crippen molar-refractivity contribution < 1.29 is 18.3 Å². The van der Waals surface area contributed by atoms with Crippen LogP contribution in [0.4, 0.5) is 8.78 Å². The Bertz CT molecular complexity index is 888. The zero-order valence-electron chi connectivity index (χ0n) is 13.0. The maximum Gasteiger partial charge on any atom is 0.316 e. The van der Waals surface area contributed by atoms with Crippen molar-refractivity contribution in [3.8, 4) is 5.75 Å². The first-order valence-corrected chi connectivity index (χ1v) is 7.20. The molecular weight excluding hydrogens is 316 g/mol. The van der Waals surface area contributed by atoms with Crippen molar-refractivity contribution in [3.05, 3.63) is 75.7 Å². The van der Waals surface area contributed by atoms with Crippen molar-refractivity contribution in [2.24, 2.45) is 5.18 Å². The predicted octanol–water partition coefficient (Wildman–Crippen LogP) is 4.47. The Morgan fingerprint density at radius 2 is 1.83 bits per heavy atom. The number of carbonyl (C=O) groups excluding carboxylic acids is 1. The third-order valence-electron chi connectivity index (χ3n) is 3.69. The number of hydrogen-bond donors (Lipinski definition) is 0. The van der Waals surface area contributed by atoms with Gasteiger partial charge in [0.25, 0.3) is 0 Å². The van der Waals surface area contributed by atoms with Crippen LogP contribution < -0.4 is 4.74 Å². The number of nitrogens with zero attached hydrogens (tertiary/aromatic N) is 1. The topological polar surface area (TPSA) is 55.7 Å². The lowest BCUT2D eigenvalue weighted by atomic mass is 9.88. The van der Waals surface area contributed by atoms with Gasteiger partial charge in [-0.15, -0.1) is 4.91 Å². The van der Waals surface area contributed by atoms with Gasteiger partial charge in [0, 0.05) is 27.9 Å². The smallest absolute Gasteiger partial charge is 0.316 e. The van der Waals surface area contributed by atoms with Gasteiger partial charge in [-0.3, -0.25) is 4.79 Å². The van der Waals surface area contributed by atoms with Gasteiger partial charge in [0.05, 0.1) is 0 Å². The molecule has 24 heavy (non-hydrogen) atoms. The number of nitroso groups, excluding NO2 is 1. The molecule has 1 amide bonds. The van der Waals surface area contributed by atoms with E-state index in [-0.39, 0.29) is 11.1 Å². The van der Waals surface area contributed by atoms with Gasteiger partial charge in [0.2, 0.25) is 0 Å². The number of carbonyl (C=O) groups is 1. The van der Waals surface area contributed by atoms with Crippen molar-refractivity contribution in [3.63, 3.8) is 0 Å². The molecule has 0 unspecified atom stereocenters. The second kappa shape index (κ2) is 5.63. The largest absolute Gasteiger partial charge is 0.483 e. The highest BCUT2D eigenvalue weighted by Crippen LogP contribution is 2.40. The van der Waals surface area contributed by atoms with E-state index in [0.717, 1.165) is 12.1 Å². The molecule has 0 atom stereocenters. The van der Waals surface area contributed by atoms with Crippen LogP contribution in [-0.4, -0.2) is 11.5 Å². The third kappa shape index (κ3) is 2.82. The highest BCUT2D eigenvalue weighted by atomic mass is 19.1. The number of benzene rings is 2. The van der Waals surface area contributed by atoms with Gasteiger partial charge in [-0.2, -0.15) is 0 Å².